The van der Waals surface area contributed by atoms with Crippen molar-refractivity contribution >= 4 is 93.2 Å². The van der Waals surface area contributed by atoms with Gasteiger partial charge in [0.05, 0.1) is 40.2 Å². The van der Waals surface area contributed by atoms with Crippen molar-refractivity contribution in [2.24, 2.45) is 0 Å². The second-order valence-electron chi connectivity index (χ2n) is 10.7. The van der Waals surface area contributed by atoms with E-state index in [2.05, 4.69) is 63.1 Å². The first-order chi connectivity index (χ1) is 23.6. The fraction of sp³-hybridized carbons (Fsp3) is 0.0556. The molecule has 0 fully saturated rings. The lowest BCUT2D eigenvalue weighted by Crippen LogP contribution is -2.29. The molecule has 0 aliphatic carbocycles. The third-order valence-electron chi connectivity index (χ3n) is 7.60. The third-order valence-corrected chi connectivity index (χ3v) is 9.51. The van der Waals surface area contributed by atoms with Crippen LogP contribution in [0.4, 0.5) is 8.78 Å². The molecule has 0 bridgehead atoms. The number of carbonyl (C=O) groups excluding carboxylic acids is 4. The number of aromatic nitrogens is 2. The van der Waals surface area contributed by atoms with Crippen LogP contribution in [-0.4, -0.2) is 38.5 Å². The summed E-state index contributed by atoms with van der Waals surface area (Å²) in [5.74, 6) is -2.05. The maximum atomic E-state index is 14.0. The van der Waals surface area contributed by atoms with E-state index in [1.165, 1.54) is 12.1 Å². The molecule has 0 spiro atoms. The summed E-state index contributed by atoms with van der Waals surface area (Å²) < 4.78 is 28.8. The van der Waals surface area contributed by atoms with Crippen molar-refractivity contribution < 1.29 is 28.0 Å². The number of fused-ring (bicyclic) bond motifs is 4. The van der Waals surface area contributed by atoms with Gasteiger partial charge in [-0.05, 0) is 80.4 Å². The van der Waals surface area contributed by atoms with Crippen LogP contribution >= 0.6 is 47.8 Å². The van der Waals surface area contributed by atoms with Crippen LogP contribution in [0.25, 0.3) is 21.8 Å². The predicted molar refractivity (Wildman–Crippen MR) is 190 cm³/mol. The van der Waals surface area contributed by atoms with Crippen molar-refractivity contribution in [2.75, 3.05) is 0 Å². The Morgan fingerprint density at radius 1 is 0.592 bits per heavy atom. The number of rotatable bonds is 3. The van der Waals surface area contributed by atoms with E-state index in [1.807, 2.05) is 12.1 Å². The lowest BCUT2D eigenvalue weighted by Gasteiger charge is -2.15. The van der Waals surface area contributed by atoms with Crippen molar-refractivity contribution in [1.29, 1.82) is 0 Å². The minimum absolute atomic E-state index is 0.0167. The number of halogens is 5. The lowest BCUT2D eigenvalue weighted by atomic mass is 10.1. The highest BCUT2D eigenvalue weighted by molar-refractivity contribution is 9.11. The first-order valence-corrected chi connectivity index (χ1v) is 17.2. The molecule has 13 heteroatoms. The number of pyridine rings is 2. The maximum Gasteiger partial charge on any atom is 0.261 e. The van der Waals surface area contributed by atoms with E-state index in [1.54, 1.807) is 72.8 Å². The molecule has 2 aromatic heterocycles. The largest absolute Gasteiger partial charge is 0.288 e. The predicted octanol–water partition coefficient (Wildman–Crippen LogP) is 8.53. The number of benzene rings is 4. The zero-order chi connectivity index (χ0) is 34.8. The van der Waals surface area contributed by atoms with Gasteiger partial charge in [0, 0.05) is 25.0 Å². The van der Waals surface area contributed by atoms with Crippen LogP contribution in [0.1, 0.15) is 52.8 Å². The van der Waals surface area contributed by atoms with E-state index in [0.29, 0.717) is 48.7 Å². The van der Waals surface area contributed by atoms with Gasteiger partial charge in [-0.25, -0.2) is 18.7 Å². The van der Waals surface area contributed by atoms with Crippen molar-refractivity contribution in [3.63, 3.8) is 0 Å². The Bertz CT molecular complexity index is 2270. The zero-order valence-corrected chi connectivity index (χ0v) is 29.8. The quantitative estimate of drug-likeness (QED) is 0.141. The number of nitrogens with one attached hydrogen (secondary N) is 1. The molecule has 0 saturated carbocycles. The monoisotopic (exact) mass is 848 g/mol. The minimum atomic E-state index is -0.441. The van der Waals surface area contributed by atoms with E-state index >= 15 is 0 Å². The highest BCUT2D eigenvalue weighted by atomic mass is 79.9. The summed E-state index contributed by atoms with van der Waals surface area (Å²) in [5, 5.41) is 4.27. The van der Waals surface area contributed by atoms with Gasteiger partial charge in [0.25, 0.3) is 23.6 Å². The van der Waals surface area contributed by atoms with Crippen molar-refractivity contribution in [3.8, 4) is 0 Å². The van der Waals surface area contributed by atoms with Crippen LogP contribution in [0.2, 0.25) is 0 Å². The molecule has 1 N–H and O–H groups in total. The number of hydrogen-bond donors (Lipinski definition) is 1. The third kappa shape index (κ3) is 6.91. The molecule has 8 rings (SSSR count). The number of alkyl halides is 1. The summed E-state index contributed by atoms with van der Waals surface area (Å²) in [4.78, 5) is 56.4. The zero-order valence-electron chi connectivity index (χ0n) is 25.0. The molecule has 0 unspecified atom stereocenters. The van der Waals surface area contributed by atoms with E-state index in [9.17, 15) is 28.0 Å². The average Bonchev–Trinajstić information content (AvgIpc) is 3.52. The molecule has 2 aliphatic rings. The highest BCUT2D eigenvalue weighted by Crippen LogP contribution is 2.29. The maximum absolute atomic E-state index is 14.0. The van der Waals surface area contributed by atoms with Crippen LogP contribution in [0.15, 0.2) is 106 Å². The Labute approximate surface area is 302 Å². The number of carbonyl (C=O) groups is 4. The summed E-state index contributed by atoms with van der Waals surface area (Å²) in [7, 11) is 0. The van der Waals surface area contributed by atoms with E-state index < -0.39 is 5.82 Å². The number of hydrogen-bond acceptors (Lipinski definition) is 6. The Morgan fingerprint density at radius 3 is 1.49 bits per heavy atom. The first-order valence-electron chi connectivity index (χ1n) is 14.5. The van der Waals surface area contributed by atoms with E-state index in [-0.39, 0.29) is 41.5 Å². The number of para-hydroxylation sites is 2. The topological polar surface area (TPSA) is 109 Å². The standard InChI is InChI=1S/C18H10BrFN2O2.C10H6Br2FN.C8H5NO2/c19-13-8-10-4-3-7-14(20)16(10)21-15(13)9-22-17(23)11-5-1-2-6-12(11)18(22)24;11-5-9-7(12)4-6-2-1-3-8(13)10(6)14-9;10-7-5-3-1-2-4-6(5)8(11)9-7/h1-8H,9H2;1-4H,5H2;1-4H,(H,9,10,11). The Kier molecular flexibility index (Phi) is 10.0. The van der Waals surface area contributed by atoms with Gasteiger partial charge in [-0.1, -0.05) is 64.5 Å². The summed E-state index contributed by atoms with van der Waals surface area (Å²) in [6.45, 7) is -0.0167. The minimum Gasteiger partial charge on any atom is -0.288 e. The second kappa shape index (κ2) is 14.4. The number of amides is 4. The molecule has 4 heterocycles. The van der Waals surface area contributed by atoms with Crippen molar-refractivity contribution in [2.45, 2.75) is 11.9 Å². The molecular weight excluding hydrogens is 830 g/mol. The van der Waals surface area contributed by atoms with Crippen LogP contribution < -0.4 is 5.32 Å². The molecule has 4 aromatic carbocycles. The number of nitrogens with zero attached hydrogens (tertiary/aromatic N) is 3. The van der Waals surface area contributed by atoms with E-state index in [4.69, 9.17) is 0 Å². The molecule has 4 amide bonds. The second-order valence-corrected chi connectivity index (χ2v) is 12.9. The smallest absolute Gasteiger partial charge is 0.261 e. The normalized spacial score (nSPS) is 13.0. The van der Waals surface area contributed by atoms with Gasteiger partial charge < -0.3 is 0 Å². The number of imide groups is 2. The summed E-state index contributed by atoms with van der Waals surface area (Å²) in [5.41, 5.74) is 3.58. The molecule has 8 nitrogen and oxygen atoms in total. The van der Waals surface area contributed by atoms with Crippen LogP contribution in [-0.2, 0) is 11.9 Å². The fourth-order valence-electron chi connectivity index (χ4n) is 5.20. The lowest BCUT2D eigenvalue weighted by molar-refractivity contribution is 0.0639. The molecule has 2 aliphatic heterocycles. The van der Waals surface area contributed by atoms with Gasteiger partial charge >= 0.3 is 0 Å². The molecular formula is C36H21Br3F2N4O4. The SMILES string of the molecule is Fc1cccc2cc(Br)c(CBr)nc12.O=C1NC(=O)c2ccccc21.O=C1c2ccccc2C(=O)N1Cc1nc2c(F)cccc2cc1Br. The van der Waals surface area contributed by atoms with Gasteiger partial charge in [0.2, 0.25) is 0 Å². The van der Waals surface area contributed by atoms with Gasteiger partial charge in [0.1, 0.15) is 22.7 Å². The van der Waals surface area contributed by atoms with Crippen LogP contribution in [0.3, 0.4) is 0 Å². The average molecular weight is 851 g/mol. The molecule has 49 heavy (non-hydrogen) atoms. The first kappa shape index (κ1) is 34.2. The molecule has 0 radical (unpaired) electrons. The summed E-state index contributed by atoms with van der Waals surface area (Å²) in [6, 6.07) is 26.7. The highest BCUT2D eigenvalue weighted by Gasteiger charge is 2.35. The molecule has 244 valence electrons. The summed E-state index contributed by atoms with van der Waals surface area (Å²) in [6.07, 6.45) is 0. The van der Waals surface area contributed by atoms with Crippen molar-refractivity contribution in [1.82, 2.24) is 20.2 Å². The van der Waals surface area contributed by atoms with E-state index in [0.717, 1.165) is 20.5 Å². The molecule has 6 aromatic rings. The molecule has 0 saturated heterocycles. The summed E-state index contributed by atoms with van der Waals surface area (Å²) >= 11 is 10.1. The van der Waals surface area contributed by atoms with Crippen LogP contribution in [0, 0.1) is 11.6 Å². The van der Waals surface area contributed by atoms with Crippen molar-refractivity contribution in [3.05, 3.63) is 151 Å². The Morgan fingerprint density at radius 2 is 1.02 bits per heavy atom. The van der Waals surface area contributed by atoms with Gasteiger partial charge in [0.15, 0.2) is 0 Å². The van der Waals surface area contributed by atoms with Crippen LogP contribution in [0.5, 0.6) is 0 Å². The molecule has 0 atom stereocenters. The Balaban J connectivity index is 0.000000141. The van der Waals surface area contributed by atoms with Gasteiger partial charge in [-0.15, -0.1) is 0 Å². The Hall–Kier alpha value is -4.72. The van der Waals surface area contributed by atoms with Gasteiger partial charge in [-0.3, -0.25) is 29.4 Å². The fourth-order valence-corrected chi connectivity index (χ4v) is 6.94. The van der Waals surface area contributed by atoms with Gasteiger partial charge in [-0.2, -0.15) is 0 Å².